The zero-order valence-corrected chi connectivity index (χ0v) is 12.9. The second kappa shape index (κ2) is 8.93. The van der Waals surface area contributed by atoms with Crippen LogP contribution in [0.1, 0.15) is 29.8 Å². The highest BCUT2D eigenvalue weighted by Crippen LogP contribution is 2.24. The Morgan fingerprint density at radius 3 is 2.14 bits per heavy atom. The molecular formula is C18H23NO2. The fraction of sp³-hybridized carbons (Fsp3) is 0.278. The summed E-state index contributed by atoms with van der Waals surface area (Å²) >= 11 is 0. The van der Waals surface area contributed by atoms with E-state index in [-0.39, 0.29) is 0 Å². The van der Waals surface area contributed by atoms with Crippen LogP contribution in [0.15, 0.2) is 48.5 Å². The molecule has 0 heterocycles. The Balaban J connectivity index is 0.000000383. The Morgan fingerprint density at radius 1 is 1.05 bits per heavy atom. The number of carboxylic acids is 1. The van der Waals surface area contributed by atoms with E-state index in [1.54, 1.807) is 6.07 Å². The molecule has 0 saturated heterocycles. The third-order valence-corrected chi connectivity index (χ3v) is 2.99. The standard InChI is InChI=1S/C14H12O2.C4H11N/c1-10-7-8-12(14(15)16)13(9-10)11-5-3-2-4-6-11;1-3-5-4-2/h2-9H,1H3,(H,15,16);5H,3-4H2,1-2H3. The lowest BCUT2D eigenvalue weighted by Gasteiger charge is -2.07. The Labute approximate surface area is 126 Å². The average molecular weight is 285 g/mol. The van der Waals surface area contributed by atoms with Crippen LogP contribution in [-0.4, -0.2) is 24.2 Å². The Morgan fingerprint density at radius 2 is 1.67 bits per heavy atom. The molecule has 0 amide bonds. The molecular weight excluding hydrogens is 262 g/mol. The summed E-state index contributed by atoms with van der Waals surface area (Å²) in [5.41, 5.74) is 3.11. The SMILES string of the molecule is CCNCC.Cc1ccc(C(=O)O)c(-c2ccccc2)c1. The first-order valence-corrected chi connectivity index (χ1v) is 7.20. The third-order valence-electron chi connectivity index (χ3n) is 2.99. The van der Waals surface area contributed by atoms with Gasteiger partial charge in [-0.3, -0.25) is 0 Å². The minimum atomic E-state index is -0.890. The van der Waals surface area contributed by atoms with Gasteiger partial charge in [0.05, 0.1) is 5.56 Å². The summed E-state index contributed by atoms with van der Waals surface area (Å²) in [5, 5.41) is 12.2. The molecule has 0 spiro atoms. The van der Waals surface area contributed by atoms with E-state index in [0.717, 1.165) is 29.8 Å². The van der Waals surface area contributed by atoms with Gasteiger partial charge in [0.2, 0.25) is 0 Å². The van der Waals surface area contributed by atoms with E-state index in [1.165, 1.54) is 0 Å². The molecule has 3 heteroatoms. The number of carbonyl (C=O) groups is 1. The van der Waals surface area contributed by atoms with Crippen LogP contribution >= 0.6 is 0 Å². The smallest absolute Gasteiger partial charge is 0.336 e. The molecule has 0 aliphatic rings. The van der Waals surface area contributed by atoms with Gasteiger partial charge in [0.1, 0.15) is 0 Å². The van der Waals surface area contributed by atoms with Gasteiger partial charge in [0, 0.05) is 0 Å². The molecule has 0 unspecified atom stereocenters. The molecule has 2 N–H and O–H groups in total. The van der Waals surface area contributed by atoms with Crippen LogP contribution in [0.25, 0.3) is 11.1 Å². The van der Waals surface area contributed by atoms with Crippen molar-refractivity contribution in [1.29, 1.82) is 0 Å². The number of rotatable bonds is 4. The molecule has 0 fully saturated rings. The Kier molecular flexibility index (Phi) is 7.19. The number of aromatic carboxylic acids is 1. The van der Waals surface area contributed by atoms with Crippen LogP contribution in [-0.2, 0) is 0 Å². The normalized spacial score (nSPS) is 9.67. The summed E-state index contributed by atoms with van der Waals surface area (Å²) in [7, 11) is 0. The number of nitrogens with one attached hydrogen (secondary N) is 1. The largest absolute Gasteiger partial charge is 0.478 e. The van der Waals surface area contributed by atoms with Gasteiger partial charge in [-0.25, -0.2) is 4.79 Å². The minimum Gasteiger partial charge on any atom is -0.478 e. The zero-order valence-electron chi connectivity index (χ0n) is 12.9. The first-order chi connectivity index (χ1) is 10.1. The molecule has 0 saturated carbocycles. The molecule has 21 heavy (non-hydrogen) atoms. The lowest BCUT2D eigenvalue weighted by Crippen LogP contribution is -2.09. The first-order valence-electron chi connectivity index (χ1n) is 7.20. The van der Waals surface area contributed by atoms with Gasteiger partial charge in [0.25, 0.3) is 0 Å². The van der Waals surface area contributed by atoms with Crippen molar-refractivity contribution in [3.05, 3.63) is 59.7 Å². The van der Waals surface area contributed by atoms with Crippen molar-refractivity contribution in [2.24, 2.45) is 0 Å². The van der Waals surface area contributed by atoms with Gasteiger partial charge < -0.3 is 10.4 Å². The lowest BCUT2D eigenvalue weighted by molar-refractivity contribution is 0.0697. The van der Waals surface area contributed by atoms with Crippen LogP contribution in [0.2, 0.25) is 0 Å². The van der Waals surface area contributed by atoms with Crippen molar-refractivity contribution in [3.8, 4) is 11.1 Å². The quantitative estimate of drug-likeness (QED) is 0.893. The van der Waals surface area contributed by atoms with E-state index < -0.39 is 5.97 Å². The van der Waals surface area contributed by atoms with Crippen LogP contribution in [0.3, 0.4) is 0 Å². The van der Waals surface area contributed by atoms with E-state index in [4.69, 9.17) is 5.11 Å². The van der Waals surface area contributed by atoms with Crippen molar-refractivity contribution in [2.75, 3.05) is 13.1 Å². The minimum absolute atomic E-state index is 0.344. The predicted molar refractivity (Wildman–Crippen MR) is 87.8 cm³/mol. The maximum absolute atomic E-state index is 11.1. The van der Waals surface area contributed by atoms with Gasteiger partial charge in [-0.15, -0.1) is 0 Å². The fourth-order valence-electron chi connectivity index (χ4n) is 1.95. The molecule has 0 aliphatic heterocycles. The summed E-state index contributed by atoms with van der Waals surface area (Å²) in [6, 6.07) is 14.9. The molecule has 0 aliphatic carbocycles. The summed E-state index contributed by atoms with van der Waals surface area (Å²) in [6.45, 7) is 8.35. The fourth-order valence-corrected chi connectivity index (χ4v) is 1.95. The van der Waals surface area contributed by atoms with Gasteiger partial charge >= 0.3 is 5.97 Å². The van der Waals surface area contributed by atoms with Crippen molar-refractivity contribution in [3.63, 3.8) is 0 Å². The average Bonchev–Trinajstić information content (AvgIpc) is 2.49. The maximum atomic E-state index is 11.1. The number of carboxylic acid groups (broad SMARTS) is 1. The first kappa shape index (κ1) is 16.9. The Hall–Kier alpha value is -2.13. The molecule has 0 radical (unpaired) electrons. The van der Waals surface area contributed by atoms with Gasteiger partial charge in [-0.2, -0.15) is 0 Å². The van der Waals surface area contributed by atoms with Gasteiger partial charge in [-0.1, -0.05) is 61.9 Å². The highest BCUT2D eigenvalue weighted by molar-refractivity contribution is 5.96. The topological polar surface area (TPSA) is 49.3 Å². The summed E-state index contributed by atoms with van der Waals surface area (Å²) in [6.07, 6.45) is 0. The highest BCUT2D eigenvalue weighted by atomic mass is 16.4. The molecule has 2 rings (SSSR count). The zero-order chi connectivity index (χ0) is 15.7. The van der Waals surface area contributed by atoms with Crippen LogP contribution in [0.4, 0.5) is 0 Å². The molecule has 0 atom stereocenters. The highest BCUT2D eigenvalue weighted by Gasteiger charge is 2.10. The van der Waals surface area contributed by atoms with E-state index in [9.17, 15) is 4.79 Å². The van der Waals surface area contributed by atoms with Crippen molar-refractivity contribution < 1.29 is 9.90 Å². The van der Waals surface area contributed by atoms with Crippen LogP contribution in [0.5, 0.6) is 0 Å². The monoisotopic (exact) mass is 285 g/mol. The van der Waals surface area contributed by atoms with Crippen LogP contribution in [0, 0.1) is 6.92 Å². The van der Waals surface area contributed by atoms with E-state index in [2.05, 4.69) is 19.2 Å². The number of benzene rings is 2. The predicted octanol–water partition coefficient (Wildman–Crippen LogP) is 3.98. The summed E-state index contributed by atoms with van der Waals surface area (Å²) in [4.78, 5) is 11.1. The maximum Gasteiger partial charge on any atom is 0.336 e. The molecule has 3 nitrogen and oxygen atoms in total. The summed E-state index contributed by atoms with van der Waals surface area (Å²) < 4.78 is 0. The summed E-state index contributed by atoms with van der Waals surface area (Å²) in [5.74, 6) is -0.890. The lowest BCUT2D eigenvalue weighted by atomic mass is 9.98. The van der Waals surface area contributed by atoms with Crippen LogP contribution < -0.4 is 5.32 Å². The third kappa shape index (κ3) is 5.40. The van der Waals surface area contributed by atoms with Crippen molar-refractivity contribution in [2.45, 2.75) is 20.8 Å². The number of hydrogen-bond acceptors (Lipinski definition) is 2. The van der Waals surface area contributed by atoms with Gasteiger partial charge in [0.15, 0.2) is 0 Å². The number of hydrogen-bond donors (Lipinski definition) is 2. The van der Waals surface area contributed by atoms with E-state index >= 15 is 0 Å². The van der Waals surface area contributed by atoms with Crippen molar-refractivity contribution >= 4 is 5.97 Å². The second-order valence-electron chi connectivity index (χ2n) is 4.68. The van der Waals surface area contributed by atoms with Crippen molar-refractivity contribution in [1.82, 2.24) is 5.32 Å². The molecule has 112 valence electrons. The molecule has 2 aromatic carbocycles. The van der Waals surface area contributed by atoms with E-state index in [1.807, 2.05) is 49.4 Å². The molecule has 0 bridgehead atoms. The molecule has 2 aromatic rings. The Bertz CT molecular complexity index is 563. The van der Waals surface area contributed by atoms with Gasteiger partial charge in [-0.05, 0) is 37.2 Å². The second-order valence-corrected chi connectivity index (χ2v) is 4.68. The number of aryl methyl sites for hydroxylation is 1. The van der Waals surface area contributed by atoms with E-state index in [0.29, 0.717) is 5.56 Å². The molecule has 0 aromatic heterocycles.